The van der Waals surface area contributed by atoms with Crippen LogP contribution in [0, 0.1) is 0 Å². The zero-order valence-corrected chi connectivity index (χ0v) is 16.1. The van der Waals surface area contributed by atoms with Gasteiger partial charge in [0.05, 0.1) is 5.56 Å². The molecule has 2 aliphatic rings. The second kappa shape index (κ2) is 8.01. The molecule has 0 atom stereocenters. The summed E-state index contributed by atoms with van der Waals surface area (Å²) in [5.41, 5.74) is 3.17. The summed E-state index contributed by atoms with van der Waals surface area (Å²) in [6.07, 6.45) is 9.13. The van der Waals surface area contributed by atoms with E-state index < -0.39 is 0 Å². The molecule has 2 aliphatic heterocycles. The fraction of sp³-hybridized carbons (Fsp3) is 0.409. The first-order valence-electron chi connectivity index (χ1n) is 9.85. The molecular formula is C22H28N4O. The number of aryl methyl sites for hydroxylation is 1. The molecule has 2 aromatic rings. The number of carbonyl (C=O) groups excluding carboxylic acids is 1. The Hall–Kier alpha value is -2.53. The first-order valence-corrected chi connectivity index (χ1v) is 9.85. The molecule has 1 saturated heterocycles. The van der Waals surface area contributed by atoms with E-state index in [-0.39, 0.29) is 5.91 Å². The fourth-order valence-corrected chi connectivity index (χ4v) is 4.02. The summed E-state index contributed by atoms with van der Waals surface area (Å²) < 4.78 is 1.96. The van der Waals surface area contributed by atoms with Crippen molar-refractivity contribution in [1.29, 1.82) is 0 Å². The van der Waals surface area contributed by atoms with Crippen LogP contribution in [0.1, 0.15) is 22.3 Å². The van der Waals surface area contributed by atoms with Gasteiger partial charge in [-0.2, -0.15) is 0 Å². The third kappa shape index (κ3) is 4.08. The SMILES string of the molecule is Cn1cc2c(c1)C(=O)N(CCCN1CCN(c3ccccc3)CC1)CC=C2. The highest BCUT2D eigenvalue weighted by Crippen LogP contribution is 2.19. The lowest BCUT2D eigenvalue weighted by atomic mass is 10.2. The number of aromatic nitrogens is 1. The predicted octanol–water partition coefficient (Wildman–Crippen LogP) is 2.71. The minimum absolute atomic E-state index is 0.157. The molecule has 5 heteroatoms. The van der Waals surface area contributed by atoms with Crippen molar-refractivity contribution < 1.29 is 4.79 Å². The van der Waals surface area contributed by atoms with Gasteiger partial charge in [0.1, 0.15) is 0 Å². The molecular weight excluding hydrogens is 336 g/mol. The van der Waals surface area contributed by atoms with Gasteiger partial charge in [-0.05, 0) is 25.1 Å². The van der Waals surface area contributed by atoms with E-state index in [1.165, 1.54) is 5.69 Å². The summed E-state index contributed by atoms with van der Waals surface area (Å²) in [5.74, 6) is 0.157. The van der Waals surface area contributed by atoms with Crippen molar-refractivity contribution >= 4 is 17.7 Å². The van der Waals surface area contributed by atoms with Crippen LogP contribution in [-0.2, 0) is 7.05 Å². The molecule has 0 N–H and O–H groups in total. The Kier molecular flexibility index (Phi) is 5.30. The van der Waals surface area contributed by atoms with Gasteiger partial charge in [0, 0.05) is 70.0 Å². The number of anilines is 1. The highest BCUT2D eigenvalue weighted by Gasteiger charge is 2.22. The molecule has 0 radical (unpaired) electrons. The third-order valence-electron chi connectivity index (χ3n) is 5.52. The lowest BCUT2D eigenvalue weighted by Gasteiger charge is -2.36. The summed E-state index contributed by atoms with van der Waals surface area (Å²) in [7, 11) is 1.97. The zero-order chi connectivity index (χ0) is 18.6. The second-order valence-corrected chi connectivity index (χ2v) is 7.46. The summed E-state index contributed by atoms with van der Waals surface area (Å²) >= 11 is 0. The van der Waals surface area contributed by atoms with Gasteiger partial charge in [-0.3, -0.25) is 9.69 Å². The number of benzene rings is 1. The van der Waals surface area contributed by atoms with E-state index >= 15 is 0 Å². The van der Waals surface area contributed by atoms with Crippen molar-refractivity contribution in [3.63, 3.8) is 0 Å². The first kappa shape index (κ1) is 17.9. The van der Waals surface area contributed by atoms with E-state index in [1.54, 1.807) is 0 Å². The topological polar surface area (TPSA) is 31.7 Å². The first-order chi connectivity index (χ1) is 13.2. The molecule has 27 heavy (non-hydrogen) atoms. The predicted molar refractivity (Wildman–Crippen MR) is 110 cm³/mol. The molecule has 1 fully saturated rings. The summed E-state index contributed by atoms with van der Waals surface area (Å²) in [6.45, 7) is 6.90. The number of fused-ring (bicyclic) bond motifs is 1. The summed E-state index contributed by atoms with van der Waals surface area (Å²) in [4.78, 5) is 19.7. The van der Waals surface area contributed by atoms with E-state index in [9.17, 15) is 4.79 Å². The van der Waals surface area contributed by atoms with Gasteiger partial charge in [-0.1, -0.05) is 30.4 Å². The van der Waals surface area contributed by atoms with Crippen molar-refractivity contribution in [1.82, 2.24) is 14.4 Å². The second-order valence-electron chi connectivity index (χ2n) is 7.46. The number of amides is 1. The lowest BCUT2D eigenvalue weighted by Crippen LogP contribution is -2.47. The van der Waals surface area contributed by atoms with Crippen LogP contribution in [0.2, 0.25) is 0 Å². The van der Waals surface area contributed by atoms with Crippen molar-refractivity contribution in [2.75, 3.05) is 50.7 Å². The number of nitrogens with zero attached hydrogens (tertiary/aromatic N) is 4. The fourth-order valence-electron chi connectivity index (χ4n) is 4.02. The Morgan fingerprint density at radius 3 is 2.52 bits per heavy atom. The molecule has 0 spiro atoms. The van der Waals surface area contributed by atoms with Gasteiger partial charge in [0.25, 0.3) is 5.91 Å². The van der Waals surface area contributed by atoms with E-state index in [4.69, 9.17) is 0 Å². The van der Waals surface area contributed by atoms with Crippen LogP contribution in [0.25, 0.3) is 6.08 Å². The maximum atomic E-state index is 12.8. The molecule has 4 rings (SSSR count). The average Bonchev–Trinajstić information content (AvgIpc) is 3.01. The van der Waals surface area contributed by atoms with Crippen LogP contribution in [0.3, 0.4) is 0 Å². The van der Waals surface area contributed by atoms with Crippen molar-refractivity contribution in [3.05, 3.63) is 59.9 Å². The lowest BCUT2D eigenvalue weighted by molar-refractivity contribution is 0.0767. The Labute approximate surface area is 161 Å². The smallest absolute Gasteiger partial charge is 0.256 e. The zero-order valence-electron chi connectivity index (χ0n) is 16.1. The molecule has 3 heterocycles. The highest BCUT2D eigenvalue weighted by molar-refractivity contribution is 5.98. The summed E-state index contributed by atoms with van der Waals surface area (Å²) in [5, 5.41) is 0. The average molecular weight is 364 g/mol. The Morgan fingerprint density at radius 1 is 0.963 bits per heavy atom. The molecule has 0 saturated carbocycles. The quantitative estimate of drug-likeness (QED) is 0.818. The van der Waals surface area contributed by atoms with Crippen LogP contribution in [-0.4, -0.2) is 66.1 Å². The molecule has 142 valence electrons. The van der Waals surface area contributed by atoms with E-state index in [0.717, 1.165) is 56.8 Å². The minimum atomic E-state index is 0.157. The number of hydrogen-bond acceptors (Lipinski definition) is 3. The van der Waals surface area contributed by atoms with E-state index in [0.29, 0.717) is 6.54 Å². The van der Waals surface area contributed by atoms with Gasteiger partial charge >= 0.3 is 0 Å². The number of piperazine rings is 1. The van der Waals surface area contributed by atoms with Gasteiger partial charge < -0.3 is 14.4 Å². The standard InChI is InChI=1S/C22H28N4O/c1-23-17-19-7-5-11-26(22(27)21(19)18-23)12-6-10-24-13-15-25(16-14-24)20-8-3-2-4-9-20/h2-5,7-9,17-18H,6,10-16H2,1H3. The molecule has 1 aromatic heterocycles. The van der Waals surface area contributed by atoms with E-state index in [1.807, 2.05) is 28.9 Å². The Bertz CT molecular complexity index is 803. The van der Waals surface area contributed by atoms with Crippen LogP contribution in [0.5, 0.6) is 0 Å². The third-order valence-corrected chi connectivity index (χ3v) is 5.52. The largest absolute Gasteiger partial charge is 0.369 e. The van der Waals surface area contributed by atoms with Crippen molar-refractivity contribution in [2.24, 2.45) is 7.05 Å². The summed E-state index contributed by atoms with van der Waals surface area (Å²) in [6, 6.07) is 10.6. The van der Waals surface area contributed by atoms with Gasteiger partial charge in [0.15, 0.2) is 0 Å². The van der Waals surface area contributed by atoms with E-state index in [2.05, 4.69) is 52.3 Å². The highest BCUT2D eigenvalue weighted by atomic mass is 16.2. The Morgan fingerprint density at radius 2 is 1.74 bits per heavy atom. The van der Waals surface area contributed by atoms with Crippen LogP contribution < -0.4 is 4.90 Å². The molecule has 5 nitrogen and oxygen atoms in total. The molecule has 1 amide bonds. The van der Waals surface area contributed by atoms with Crippen LogP contribution >= 0.6 is 0 Å². The maximum absolute atomic E-state index is 12.8. The molecule has 0 bridgehead atoms. The van der Waals surface area contributed by atoms with Crippen LogP contribution in [0.15, 0.2) is 48.8 Å². The maximum Gasteiger partial charge on any atom is 0.256 e. The number of carbonyl (C=O) groups is 1. The van der Waals surface area contributed by atoms with Crippen molar-refractivity contribution in [3.8, 4) is 0 Å². The molecule has 0 aliphatic carbocycles. The van der Waals surface area contributed by atoms with Gasteiger partial charge in [0.2, 0.25) is 0 Å². The van der Waals surface area contributed by atoms with Crippen LogP contribution in [0.4, 0.5) is 5.69 Å². The van der Waals surface area contributed by atoms with Crippen molar-refractivity contribution in [2.45, 2.75) is 6.42 Å². The number of rotatable bonds is 5. The molecule has 0 unspecified atom stereocenters. The number of hydrogen-bond donors (Lipinski definition) is 0. The minimum Gasteiger partial charge on any atom is -0.369 e. The monoisotopic (exact) mass is 364 g/mol. The molecule has 1 aromatic carbocycles. The Balaban J connectivity index is 1.25. The van der Waals surface area contributed by atoms with Gasteiger partial charge in [-0.15, -0.1) is 0 Å². The number of para-hydroxylation sites is 1. The normalized spacial score (nSPS) is 17.9. The van der Waals surface area contributed by atoms with Gasteiger partial charge in [-0.25, -0.2) is 0 Å².